The average molecular weight is 323 g/mol. The normalized spacial score (nSPS) is 24.2. The number of nitrogens with zero attached hydrogens (tertiary/aromatic N) is 2. The molecule has 1 aromatic heterocycles. The average Bonchev–Trinajstić information content (AvgIpc) is 2.75. The Bertz CT molecular complexity index is 520. The van der Waals surface area contributed by atoms with E-state index in [0.717, 1.165) is 6.20 Å². The van der Waals surface area contributed by atoms with Gasteiger partial charge in [-0.3, -0.25) is 9.69 Å². The number of likely N-dealkylation sites (tertiary alicyclic amines) is 1. The van der Waals surface area contributed by atoms with E-state index in [-0.39, 0.29) is 19.5 Å². The Hall–Kier alpha value is -1.19. The maximum Gasteiger partial charge on any atom is 0.427 e. The molecule has 1 fully saturated rings. The zero-order chi connectivity index (χ0) is 15.7. The van der Waals surface area contributed by atoms with Gasteiger partial charge in [-0.2, -0.15) is 13.2 Å². The van der Waals surface area contributed by atoms with E-state index < -0.39 is 22.6 Å². The molecule has 21 heavy (non-hydrogen) atoms. The second kappa shape index (κ2) is 5.90. The van der Waals surface area contributed by atoms with Gasteiger partial charge in [0.25, 0.3) is 0 Å². The number of rotatable bonds is 4. The molecule has 118 valence electrons. The summed E-state index contributed by atoms with van der Waals surface area (Å²) in [4.78, 5) is 15.8. The summed E-state index contributed by atoms with van der Waals surface area (Å²) in [5.74, 6) is -0.590. The van der Waals surface area contributed by atoms with Crippen LogP contribution in [0.2, 0.25) is 0 Å². The van der Waals surface area contributed by atoms with Gasteiger partial charge in [0, 0.05) is 6.54 Å². The fraction of sp³-hybridized carbons (Fsp3) is 0.667. The molecule has 1 atom stereocenters. The first-order chi connectivity index (χ1) is 9.68. The molecule has 2 rings (SSSR count). The van der Waals surface area contributed by atoms with Crippen molar-refractivity contribution in [3.63, 3.8) is 0 Å². The predicted octanol–water partition coefficient (Wildman–Crippen LogP) is 1.36. The third kappa shape index (κ3) is 4.39. The molecule has 1 saturated heterocycles. The van der Waals surface area contributed by atoms with Crippen molar-refractivity contribution in [1.29, 1.82) is 0 Å². The lowest BCUT2D eigenvalue weighted by atomic mass is 9.89. The summed E-state index contributed by atoms with van der Waals surface area (Å²) < 4.78 is 37.5. The van der Waals surface area contributed by atoms with E-state index in [2.05, 4.69) is 4.98 Å². The molecule has 0 bridgehead atoms. The smallest absolute Gasteiger partial charge is 0.388 e. The van der Waals surface area contributed by atoms with Gasteiger partial charge in [0.15, 0.2) is 0 Å². The molecule has 5 nitrogen and oxygen atoms in total. The van der Waals surface area contributed by atoms with Gasteiger partial charge in [-0.1, -0.05) is 0 Å². The molecule has 9 heteroatoms. The largest absolute Gasteiger partial charge is 0.427 e. The summed E-state index contributed by atoms with van der Waals surface area (Å²) >= 11 is 0.596. The van der Waals surface area contributed by atoms with Gasteiger partial charge in [-0.05, 0) is 19.4 Å². The maximum atomic E-state index is 12.5. The first-order valence-electron chi connectivity index (χ1n) is 6.43. The Labute approximate surface area is 123 Å². The molecular weight excluding hydrogens is 307 g/mol. The predicted molar refractivity (Wildman–Crippen MR) is 70.4 cm³/mol. The van der Waals surface area contributed by atoms with Crippen LogP contribution in [0.25, 0.3) is 0 Å². The van der Waals surface area contributed by atoms with Crippen LogP contribution in [-0.4, -0.2) is 39.6 Å². The summed E-state index contributed by atoms with van der Waals surface area (Å²) in [5.41, 5.74) is 3.90. The minimum atomic E-state index is -4.38. The number of carbonyl (C=O) groups is 1. The number of primary amides is 1. The minimum absolute atomic E-state index is 0.144. The summed E-state index contributed by atoms with van der Waals surface area (Å²) in [6.07, 6.45) is -2.60. The fourth-order valence-corrected chi connectivity index (χ4v) is 3.34. The van der Waals surface area contributed by atoms with Crippen molar-refractivity contribution in [2.24, 2.45) is 5.73 Å². The summed E-state index contributed by atoms with van der Waals surface area (Å²) in [6, 6.07) is 0. The Kier molecular flexibility index (Phi) is 4.54. The molecule has 1 unspecified atom stereocenters. The quantitative estimate of drug-likeness (QED) is 0.877. The van der Waals surface area contributed by atoms with Crippen molar-refractivity contribution in [3.8, 4) is 0 Å². The van der Waals surface area contributed by atoms with Crippen LogP contribution < -0.4 is 5.73 Å². The van der Waals surface area contributed by atoms with Crippen LogP contribution in [0.5, 0.6) is 0 Å². The highest BCUT2D eigenvalue weighted by Crippen LogP contribution is 2.34. The van der Waals surface area contributed by atoms with E-state index in [4.69, 9.17) is 5.73 Å². The van der Waals surface area contributed by atoms with E-state index in [1.54, 1.807) is 4.90 Å². The maximum absolute atomic E-state index is 12.5. The summed E-state index contributed by atoms with van der Waals surface area (Å²) in [7, 11) is 0. The van der Waals surface area contributed by atoms with Crippen molar-refractivity contribution >= 4 is 17.2 Å². The lowest BCUT2D eigenvalue weighted by Gasteiger charge is -2.38. The number of halogens is 3. The molecule has 3 N–H and O–H groups in total. The van der Waals surface area contributed by atoms with E-state index in [1.165, 1.54) is 0 Å². The van der Waals surface area contributed by atoms with Crippen LogP contribution in [0.3, 0.4) is 0 Å². The molecule has 2 heterocycles. The minimum Gasteiger partial charge on any atom is -0.388 e. The lowest BCUT2D eigenvalue weighted by Crippen LogP contribution is -2.49. The molecule has 1 aliphatic rings. The lowest BCUT2D eigenvalue weighted by molar-refractivity contribution is -0.134. The van der Waals surface area contributed by atoms with Crippen LogP contribution in [0.4, 0.5) is 13.2 Å². The Balaban J connectivity index is 1.99. The number of piperidine rings is 1. The first-order valence-corrected chi connectivity index (χ1v) is 7.25. The highest BCUT2D eigenvalue weighted by atomic mass is 32.1. The van der Waals surface area contributed by atoms with Crippen molar-refractivity contribution in [3.05, 3.63) is 16.1 Å². The van der Waals surface area contributed by atoms with Gasteiger partial charge in [-0.25, -0.2) is 4.98 Å². The highest BCUT2D eigenvalue weighted by Gasteiger charge is 2.36. The molecule has 0 aliphatic carbocycles. The number of hydrogen-bond donors (Lipinski definition) is 2. The molecule has 0 saturated carbocycles. The summed E-state index contributed by atoms with van der Waals surface area (Å²) in [5, 5.41) is 10.6. The second-order valence-electron chi connectivity index (χ2n) is 5.30. The molecule has 0 radical (unpaired) electrons. The van der Waals surface area contributed by atoms with E-state index in [1.807, 2.05) is 0 Å². The standard InChI is InChI=1S/C12H16F3N3O2S/c13-12(14,15)8-5-17-10(21-8)6-18-3-1-2-11(20,7-18)4-9(16)19/h5,20H,1-4,6-7H2,(H2,16,19). The zero-order valence-corrected chi connectivity index (χ0v) is 12.0. The summed E-state index contributed by atoms with van der Waals surface area (Å²) in [6.45, 7) is 1.07. The fourth-order valence-electron chi connectivity index (χ4n) is 2.52. The van der Waals surface area contributed by atoms with Crippen molar-refractivity contribution in [2.45, 2.75) is 37.6 Å². The van der Waals surface area contributed by atoms with Crippen LogP contribution >= 0.6 is 11.3 Å². The number of nitrogens with two attached hydrogens (primary N) is 1. The third-order valence-corrected chi connectivity index (χ3v) is 4.36. The molecule has 1 aliphatic heterocycles. The number of aliphatic hydroxyl groups is 1. The third-order valence-electron chi connectivity index (χ3n) is 3.33. The Morgan fingerprint density at radius 3 is 2.86 bits per heavy atom. The van der Waals surface area contributed by atoms with Crippen molar-refractivity contribution in [1.82, 2.24) is 9.88 Å². The number of alkyl halides is 3. The molecule has 0 aromatic carbocycles. The first kappa shape index (κ1) is 16.2. The number of amides is 1. The van der Waals surface area contributed by atoms with Gasteiger partial charge in [0.2, 0.25) is 5.91 Å². The number of carbonyl (C=O) groups excluding carboxylic acids is 1. The Morgan fingerprint density at radius 1 is 1.57 bits per heavy atom. The van der Waals surface area contributed by atoms with E-state index in [9.17, 15) is 23.1 Å². The number of hydrogen-bond acceptors (Lipinski definition) is 5. The second-order valence-corrected chi connectivity index (χ2v) is 6.41. The van der Waals surface area contributed by atoms with Crippen LogP contribution in [0.15, 0.2) is 6.20 Å². The molecular formula is C12H16F3N3O2S. The van der Waals surface area contributed by atoms with Crippen molar-refractivity contribution in [2.75, 3.05) is 13.1 Å². The Morgan fingerprint density at radius 2 is 2.29 bits per heavy atom. The van der Waals surface area contributed by atoms with Gasteiger partial charge in [0.05, 0.1) is 24.8 Å². The number of thiazole rings is 1. The van der Waals surface area contributed by atoms with Crippen LogP contribution in [0, 0.1) is 0 Å². The topological polar surface area (TPSA) is 79.5 Å². The molecule has 0 spiro atoms. The zero-order valence-electron chi connectivity index (χ0n) is 11.2. The number of aromatic nitrogens is 1. The SMILES string of the molecule is NC(=O)CC1(O)CCCN(Cc2ncc(C(F)(F)F)s2)C1. The van der Waals surface area contributed by atoms with Crippen molar-refractivity contribution < 1.29 is 23.1 Å². The monoisotopic (exact) mass is 323 g/mol. The molecule has 1 amide bonds. The van der Waals surface area contributed by atoms with Gasteiger partial charge >= 0.3 is 6.18 Å². The van der Waals surface area contributed by atoms with E-state index >= 15 is 0 Å². The van der Waals surface area contributed by atoms with Gasteiger partial charge in [0.1, 0.15) is 9.88 Å². The van der Waals surface area contributed by atoms with Crippen LogP contribution in [0.1, 0.15) is 29.1 Å². The number of β-amino-alcohol motifs (C(OH)–C–C–N with tert-alkyl or cyclic N) is 1. The van der Waals surface area contributed by atoms with E-state index in [0.29, 0.717) is 35.7 Å². The van der Waals surface area contributed by atoms with Gasteiger partial charge < -0.3 is 10.8 Å². The van der Waals surface area contributed by atoms with Gasteiger partial charge in [-0.15, -0.1) is 11.3 Å². The molecule has 1 aromatic rings. The van der Waals surface area contributed by atoms with Crippen LogP contribution in [-0.2, 0) is 17.5 Å². The highest BCUT2D eigenvalue weighted by molar-refractivity contribution is 7.11.